The van der Waals surface area contributed by atoms with Crippen LogP contribution in [0.5, 0.6) is 0 Å². The molecule has 1 N–H and O–H groups in total. The molecule has 0 bridgehead atoms. The number of benzene rings is 1. The number of aryl methyl sites for hydroxylation is 1. The quantitative estimate of drug-likeness (QED) is 0.806. The first kappa shape index (κ1) is 18.8. The molecule has 0 spiro atoms. The van der Waals surface area contributed by atoms with Crippen LogP contribution in [0.1, 0.15) is 30.1 Å². The number of rotatable bonds is 4. The molecule has 4 rings (SSSR count). The molecule has 0 fully saturated rings. The van der Waals surface area contributed by atoms with Gasteiger partial charge in [0.25, 0.3) is 5.91 Å². The molecule has 0 radical (unpaired) electrons. The Morgan fingerprint density at radius 3 is 2.66 bits per heavy atom. The highest BCUT2D eigenvalue weighted by atomic mass is 16.4. The van der Waals surface area contributed by atoms with E-state index in [9.17, 15) is 19.5 Å². The molecule has 2 amide bonds. The number of amides is 2. The summed E-state index contributed by atoms with van der Waals surface area (Å²) >= 11 is 0. The number of carboxylic acid groups (broad SMARTS) is 1. The zero-order valence-corrected chi connectivity index (χ0v) is 15.9. The van der Waals surface area contributed by atoms with Crippen molar-refractivity contribution in [3.05, 3.63) is 47.5 Å². The number of hydrogen-bond acceptors (Lipinski definition) is 6. The lowest BCUT2D eigenvalue weighted by Crippen LogP contribution is -2.53. The third-order valence-corrected chi connectivity index (χ3v) is 5.13. The van der Waals surface area contributed by atoms with Crippen LogP contribution >= 0.6 is 0 Å². The van der Waals surface area contributed by atoms with Crippen molar-refractivity contribution in [2.75, 3.05) is 0 Å². The first-order valence-corrected chi connectivity index (χ1v) is 9.28. The number of carbonyl (C=O) groups excluding carboxylic acids is 2. The summed E-state index contributed by atoms with van der Waals surface area (Å²) in [4.78, 5) is 38.4. The van der Waals surface area contributed by atoms with Gasteiger partial charge in [0.15, 0.2) is 5.82 Å². The van der Waals surface area contributed by atoms with E-state index in [0.717, 1.165) is 5.56 Å². The Morgan fingerprint density at radius 2 is 1.93 bits per heavy atom. The number of carbonyl (C=O) groups is 3. The molecule has 3 heterocycles. The molecule has 2 aromatic rings. The number of fused-ring (bicyclic) bond motifs is 1. The maximum atomic E-state index is 13.1. The highest BCUT2D eigenvalue weighted by Crippen LogP contribution is 2.21. The Labute approximate surface area is 166 Å². The van der Waals surface area contributed by atoms with Gasteiger partial charge in [-0.05, 0) is 12.5 Å². The largest absolute Gasteiger partial charge is 0.480 e. The highest BCUT2D eigenvalue weighted by Gasteiger charge is 2.39. The van der Waals surface area contributed by atoms with Crippen LogP contribution in [-0.4, -0.2) is 59.3 Å². The molecule has 0 aliphatic carbocycles. The fourth-order valence-electron chi connectivity index (χ4n) is 3.54. The van der Waals surface area contributed by atoms with Gasteiger partial charge in [0.1, 0.15) is 17.6 Å². The summed E-state index contributed by atoms with van der Waals surface area (Å²) in [5.41, 5.74) is 1.07. The molecule has 10 heteroatoms. The normalized spacial score (nSPS) is 19.0. The first-order valence-electron chi connectivity index (χ1n) is 9.28. The van der Waals surface area contributed by atoms with Gasteiger partial charge in [-0.2, -0.15) is 5.10 Å². The SMILES string of the molecule is Cc1nnc2n1CC(C(=O)O)N(C(=O)C1=NN(Cc3ccccc3)C(=O)CC1)C2. The van der Waals surface area contributed by atoms with Crippen molar-refractivity contribution in [1.29, 1.82) is 0 Å². The van der Waals surface area contributed by atoms with Crippen LogP contribution in [0.4, 0.5) is 0 Å². The van der Waals surface area contributed by atoms with Gasteiger partial charge in [0.05, 0.1) is 19.6 Å². The van der Waals surface area contributed by atoms with Crippen LogP contribution in [0, 0.1) is 6.92 Å². The highest BCUT2D eigenvalue weighted by molar-refractivity contribution is 6.39. The second-order valence-corrected chi connectivity index (χ2v) is 7.04. The summed E-state index contributed by atoms with van der Waals surface area (Å²) in [6, 6.07) is 8.31. The molecule has 10 nitrogen and oxygen atoms in total. The first-order chi connectivity index (χ1) is 13.9. The molecule has 1 unspecified atom stereocenters. The standard InChI is InChI=1S/C19H20N6O4/c1-12-20-21-16-11-24(15(19(28)29)10-23(12)16)18(27)14-7-8-17(26)25(22-14)9-13-5-3-2-4-6-13/h2-6,15H,7-11H2,1H3,(H,28,29). The predicted molar refractivity (Wildman–Crippen MR) is 100 cm³/mol. The molecule has 1 aromatic heterocycles. The number of hydrogen-bond donors (Lipinski definition) is 1. The summed E-state index contributed by atoms with van der Waals surface area (Å²) < 4.78 is 1.70. The van der Waals surface area contributed by atoms with E-state index in [-0.39, 0.29) is 44.1 Å². The van der Waals surface area contributed by atoms with Crippen molar-refractivity contribution in [2.45, 2.75) is 45.4 Å². The Balaban J connectivity index is 1.59. The lowest BCUT2D eigenvalue weighted by atomic mass is 10.1. The monoisotopic (exact) mass is 396 g/mol. The van der Waals surface area contributed by atoms with Crippen LogP contribution < -0.4 is 0 Å². The lowest BCUT2D eigenvalue weighted by Gasteiger charge is -2.34. The number of aromatic nitrogens is 3. The summed E-state index contributed by atoms with van der Waals surface area (Å²) in [5.74, 6) is -0.634. The van der Waals surface area contributed by atoms with Crippen molar-refractivity contribution < 1.29 is 19.5 Å². The van der Waals surface area contributed by atoms with Crippen LogP contribution in [-0.2, 0) is 34.0 Å². The smallest absolute Gasteiger partial charge is 0.328 e. The molecule has 0 saturated carbocycles. The minimum absolute atomic E-state index is 0.0301. The van der Waals surface area contributed by atoms with E-state index in [1.54, 1.807) is 11.5 Å². The van der Waals surface area contributed by atoms with E-state index in [2.05, 4.69) is 15.3 Å². The van der Waals surface area contributed by atoms with E-state index in [0.29, 0.717) is 11.6 Å². The van der Waals surface area contributed by atoms with Gasteiger partial charge in [-0.1, -0.05) is 30.3 Å². The fourth-order valence-corrected chi connectivity index (χ4v) is 3.54. The molecule has 2 aliphatic rings. The topological polar surface area (TPSA) is 121 Å². The minimum atomic E-state index is -1.11. The van der Waals surface area contributed by atoms with Gasteiger partial charge in [-0.25, -0.2) is 9.80 Å². The van der Waals surface area contributed by atoms with Gasteiger partial charge < -0.3 is 14.6 Å². The summed E-state index contributed by atoms with van der Waals surface area (Å²) in [5, 5.41) is 23.2. The maximum Gasteiger partial charge on any atom is 0.328 e. The van der Waals surface area contributed by atoms with Gasteiger partial charge in [-0.3, -0.25) is 9.59 Å². The van der Waals surface area contributed by atoms with Crippen LogP contribution in [0.3, 0.4) is 0 Å². The Morgan fingerprint density at radius 1 is 1.17 bits per heavy atom. The third kappa shape index (κ3) is 3.60. The summed E-state index contributed by atoms with van der Waals surface area (Å²) in [6.07, 6.45) is 0.329. The van der Waals surface area contributed by atoms with Gasteiger partial charge in [-0.15, -0.1) is 10.2 Å². The van der Waals surface area contributed by atoms with Crippen molar-refractivity contribution >= 4 is 23.5 Å². The average Bonchev–Trinajstić information content (AvgIpc) is 3.09. The number of hydrazone groups is 1. The number of carboxylic acids is 1. The van der Waals surface area contributed by atoms with Crippen molar-refractivity contribution in [2.24, 2.45) is 5.10 Å². The number of aliphatic carboxylic acids is 1. The second-order valence-electron chi connectivity index (χ2n) is 7.04. The molecule has 1 atom stereocenters. The second kappa shape index (κ2) is 7.46. The molecule has 29 heavy (non-hydrogen) atoms. The van der Waals surface area contributed by atoms with Crippen molar-refractivity contribution in [3.63, 3.8) is 0 Å². The molecule has 1 aromatic carbocycles. The van der Waals surface area contributed by atoms with Crippen LogP contribution in [0.25, 0.3) is 0 Å². The van der Waals surface area contributed by atoms with Gasteiger partial charge in [0.2, 0.25) is 5.91 Å². The van der Waals surface area contributed by atoms with E-state index >= 15 is 0 Å². The van der Waals surface area contributed by atoms with E-state index in [4.69, 9.17) is 0 Å². The zero-order chi connectivity index (χ0) is 20.5. The third-order valence-electron chi connectivity index (χ3n) is 5.13. The summed E-state index contributed by atoms with van der Waals surface area (Å²) in [7, 11) is 0. The Bertz CT molecular complexity index is 999. The Kier molecular flexibility index (Phi) is 4.83. The number of nitrogens with zero attached hydrogens (tertiary/aromatic N) is 6. The average molecular weight is 396 g/mol. The van der Waals surface area contributed by atoms with Gasteiger partial charge in [0, 0.05) is 12.8 Å². The van der Waals surface area contributed by atoms with E-state index in [1.807, 2.05) is 30.3 Å². The van der Waals surface area contributed by atoms with Crippen molar-refractivity contribution in [1.82, 2.24) is 24.7 Å². The van der Waals surface area contributed by atoms with Crippen molar-refractivity contribution in [3.8, 4) is 0 Å². The minimum Gasteiger partial charge on any atom is -0.480 e. The maximum absolute atomic E-state index is 13.1. The van der Waals surface area contributed by atoms with E-state index < -0.39 is 17.9 Å². The Hall–Kier alpha value is -3.56. The molecule has 0 saturated heterocycles. The van der Waals surface area contributed by atoms with Crippen LogP contribution in [0.15, 0.2) is 35.4 Å². The lowest BCUT2D eigenvalue weighted by molar-refractivity contribution is -0.150. The zero-order valence-electron chi connectivity index (χ0n) is 15.9. The molecule has 150 valence electrons. The van der Waals surface area contributed by atoms with Crippen LogP contribution in [0.2, 0.25) is 0 Å². The molecular weight excluding hydrogens is 376 g/mol. The summed E-state index contributed by atoms with van der Waals surface area (Å²) in [6.45, 7) is 2.11. The van der Waals surface area contributed by atoms with Gasteiger partial charge >= 0.3 is 5.97 Å². The molecular formula is C19H20N6O4. The van der Waals surface area contributed by atoms with E-state index in [1.165, 1.54) is 9.91 Å². The fraction of sp³-hybridized carbons (Fsp3) is 0.368. The molecule has 2 aliphatic heterocycles. The predicted octanol–water partition coefficient (Wildman–Crippen LogP) is 0.561.